The first-order valence-corrected chi connectivity index (χ1v) is 8.86. The first-order chi connectivity index (χ1) is 9.65. The number of aryl methyl sites for hydroxylation is 1. The predicted molar refractivity (Wildman–Crippen MR) is 94.0 cm³/mol. The van der Waals surface area contributed by atoms with Crippen LogP contribution in [0.25, 0.3) is 0 Å². The van der Waals surface area contributed by atoms with Crippen molar-refractivity contribution in [2.24, 2.45) is 5.41 Å². The second kappa shape index (κ2) is 7.70. The van der Waals surface area contributed by atoms with Gasteiger partial charge in [-0.2, -0.15) is 0 Å². The highest BCUT2D eigenvalue weighted by molar-refractivity contribution is 7.09. The first-order valence-electron chi connectivity index (χ1n) is 7.98. The Morgan fingerprint density at radius 2 is 1.95 bits per heavy atom. The fourth-order valence-electron chi connectivity index (χ4n) is 2.74. The lowest BCUT2D eigenvalue weighted by Crippen LogP contribution is -2.46. The number of rotatable bonds is 8. The quantitative estimate of drug-likeness (QED) is 0.784. The van der Waals surface area contributed by atoms with E-state index >= 15 is 0 Å². The van der Waals surface area contributed by atoms with Gasteiger partial charge in [-0.25, -0.2) is 4.98 Å². The third kappa shape index (κ3) is 6.90. The molecule has 122 valence electrons. The van der Waals surface area contributed by atoms with Crippen LogP contribution in [0, 0.1) is 12.3 Å². The number of hydrogen-bond donors (Lipinski definition) is 1. The van der Waals surface area contributed by atoms with Gasteiger partial charge in [0.05, 0.1) is 11.2 Å². The van der Waals surface area contributed by atoms with Crippen LogP contribution in [-0.2, 0) is 6.54 Å². The molecule has 1 heterocycles. The van der Waals surface area contributed by atoms with E-state index in [1.54, 1.807) is 11.3 Å². The Balaban J connectivity index is 2.61. The Kier molecular flexibility index (Phi) is 6.82. The molecule has 0 aromatic carbocycles. The molecule has 3 nitrogen and oxygen atoms in total. The van der Waals surface area contributed by atoms with Crippen molar-refractivity contribution in [3.63, 3.8) is 0 Å². The van der Waals surface area contributed by atoms with Gasteiger partial charge in [0.2, 0.25) is 0 Å². The van der Waals surface area contributed by atoms with Gasteiger partial charge in [0.25, 0.3) is 0 Å². The summed E-state index contributed by atoms with van der Waals surface area (Å²) in [5, 5.41) is 3.69. The van der Waals surface area contributed by atoms with Crippen molar-refractivity contribution in [1.29, 1.82) is 0 Å². The van der Waals surface area contributed by atoms with Crippen LogP contribution in [0.2, 0.25) is 0 Å². The molecule has 1 aromatic rings. The van der Waals surface area contributed by atoms with Crippen molar-refractivity contribution in [3.8, 4) is 0 Å². The highest BCUT2D eigenvalue weighted by Crippen LogP contribution is 2.26. The average Bonchev–Trinajstić information content (AvgIpc) is 2.72. The molecule has 1 unspecified atom stereocenters. The predicted octanol–water partition coefficient (Wildman–Crippen LogP) is 4.08. The Hall–Kier alpha value is -0.450. The van der Waals surface area contributed by atoms with Crippen molar-refractivity contribution in [2.45, 2.75) is 66.5 Å². The summed E-state index contributed by atoms with van der Waals surface area (Å²) in [6.45, 7) is 16.7. The molecule has 0 fully saturated rings. The molecule has 0 saturated carbocycles. The summed E-state index contributed by atoms with van der Waals surface area (Å²) < 4.78 is 0. The van der Waals surface area contributed by atoms with E-state index in [1.807, 2.05) is 5.51 Å². The molecule has 0 aliphatic carbocycles. The molecule has 0 radical (unpaired) electrons. The summed E-state index contributed by atoms with van der Waals surface area (Å²) in [6, 6.07) is 0. The topological polar surface area (TPSA) is 28.2 Å². The minimum atomic E-state index is 0.182. The fourth-order valence-corrected chi connectivity index (χ4v) is 3.59. The van der Waals surface area contributed by atoms with E-state index in [4.69, 9.17) is 0 Å². The monoisotopic (exact) mass is 311 g/mol. The normalized spacial score (nSPS) is 15.4. The van der Waals surface area contributed by atoms with Crippen LogP contribution in [-0.4, -0.2) is 35.6 Å². The smallest absolute Gasteiger partial charge is 0.0798 e. The minimum absolute atomic E-state index is 0.182. The molecule has 1 atom stereocenters. The molecule has 0 bridgehead atoms. The summed E-state index contributed by atoms with van der Waals surface area (Å²) >= 11 is 1.77. The number of thiazole rings is 1. The van der Waals surface area contributed by atoms with E-state index in [1.165, 1.54) is 23.4 Å². The SMILES string of the molecule is CCCC(C)(CNC(C)(C)C)CN(C)Cc1scnc1C. The standard InChI is InChI=1S/C17H33N3S/c1-8-9-17(6,11-19-16(3,4)5)12-20(7)10-15-14(2)18-13-21-15/h13,19H,8-12H2,1-7H3. The second-order valence-corrected chi connectivity index (χ2v) is 8.64. The zero-order valence-corrected chi connectivity index (χ0v) is 15.7. The van der Waals surface area contributed by atoms with Gasteiger partial charge < -0.3 is 10.2 Å². The van der Waals surface area contributed by atoms with Crippen molar-refractivity contribution >= 4 is 11.3 Å². The molecule has 1 rings (SSSR count). The van der Waals surface area contributed by atoms with Gasteiger partial charge in [0.15, 0.2) is 0 Å². The van der Waals surface area contributed by atoms with Gasteiger partial charge in [-0.05, 0) is 46.6 Å². The molecule has 1 N–H and O–H groups in total. The molecular formula is C17H33N3S. The van der Waals surface area contributed by atoms with Crippen LogP contribution in [0.3, 0.4) is 0 Å². The number of aromatic nitrogens is 1. The summed E-state index contributed by atoms with van der Waals surface area (Å²) in [5.41, 5.74) is 3.62. The van der Waals surface area contributed by atoms with Crippen LogP contribution in [0.15, 0.2) is 5.51 Å². The van der Waals surface area contributed by atoms with E-state index in [0.717, 1.165) is 19.6 Å². The van der Waals surface area contributed by atoms with Crippen LogP contribution in [0.5, 0.6) is 0 Å². The van der Waals surface area contributed by atoms with E-state index in [9.17, 15) is 0 Å². The maximum absolute atomic E-state index is 4.35. The molecule has 0 saturated heterocycles. The van der Waals surface area contributed by atoms with Crippen LogP contribution < -0.4 is 5.32 Å². The summed E-state index contributed by atoms with van der Waals surface area (Å²) in [5.74, 6) is 0. The molecule has 1 aromatic heterocycles. The van der Waals surface area contributed by atoms with E-state index in [2.05, 4.69) is 63.8 Å². The lowest BCUT2D eigenvalue weighted by atomic mass is 9.84. The maximum atomic E-state index is 4.35. The largest absolute Gasteiger partial charge is 0.311 e. The summed E-state index contributed by atoms with van der Waals surface area (Å²) in [4.78, 5) is 8.18. The Bertz CT molecular complexity index is 422. The lowest BCUT2D eigenvalue weighted by molar-refractivity contribution is 0.158. The van der Waals surface area contributed by atoms with Crippen LogP contribution in [0.4, 0.5) is 0 Å². The molecule has 0 spiro atoms. The Morgan fingerprint density at radius 3 is 2.43 bits per heavy atom. The number of nitrogens with zero attached hydrogens (tertiary/aromatic N) is 2. The van der Waals surface area contributed by atoms with Crippen molar-refractivity contribution in [3.05, 3.63) is 16.1 Å². The maximum Gasteiger partial charge on any atom is 0.0798 e. The molecule has 4 heteroatoms. The zero-order valence-electron chi connectivity index (χ0n) is 14.9. The second-order valence-electron chi connectivity index (χ2n) is 7.70. The van der Waals surface area contributed by atoms with Gasteiger partial charge in [-0.15, -0.1) is 11.3 Å². The first kappa shape index (κ1) is 18.6. The third-order valence-electron chi connectivity index (χ3n) is 3.81. The lowest BCUT2D eigenvalue weighted by Gasteiger charge is -2.36. The van der Waals surface area contributed by atoms with Crippen molar-refractivity contribution in [1.82, 2.24) is 15.2 Å². The molecule has 0 aliphatic rings. The molecule has 0 amide bonds. The molecule has 21 heavy (non-hydrogen) atoms. The van der Waals surface area contributed by atoms with E-state index in [0.29, 0.717) is 5.41 Å². The van der Waals surface area contributed by atoms with Crippen LogP contribution >= 0.6 is 11.3 Å². The minimum Gasteiger partial charge on any atom is -0.311 e. The molecule has 0 aliphatic heterocycles. The van der Waals surface area contributed by atoms with Crippen molar-refractivity contribution in [2.75, 3.05) is 20.1 Å². The van der Waals surface area contributed by atoms with Gasteiger partial charge in [0, 0.05) is 30.1 Å². The van der Waals surface area contributed by atoms with Gasteiger partial charge in [-0.1, -0.05) is 20.3 Å². The highest BCUT2D eigenvalue weighted by atomic mass is 32.1. The Labute approximate surface area is 135 Å². The van der Waals surface area contributed by atoms with Gasteiger partial charge in [0.1, 0.15) is 0 Å². The average molecular weight is 312 g/mol. The fraction of sp³-hybridized carbons (Fsp3) is 0.824. The highest BCUT2D eigenvalue weighted by Gasteiger charge is 2.27. The summed E-state index contributed by atoms with van der Waals surface area (Å²) in [7, 11) is 2.23. The third-order valence-corrected chi connectivity index (χ3v) is 4.73. The van der Waals surface area contributed by atoms with Gasteiger partial charge in [-0.3, -0.25) is 0 Å². The van der Waals surface area contributed by atoms with Gasteiger partial charge >= 0.3 is 0 Å². The Morgan fingerprint density at radius 1 is 1.29 bits per heavy atom. The number of hydrogen-bond acceptors (Lipinski definition) is 4. The van der Waals surface area contributed by atoms with E-state index in [-0.39, 0.29) is 5.54 Å². The summed E-state index contributed by atoms with van der Waals surface area (Å²) in [6.07, 6.45) is 2.48. The van der Waals surface area contributed by atoms with Crippen LogP contribution in [0.1, 0.15) is 58.0 Å². The van der Waals surface area contributed by atoms with E-state index < -0.39 is 0 Å². The zero-order chi connectivity index (χ0) is 16.1. The molecular weight excluding hydrogens is 278 g/mol. The number of nitrogens with one attached hydrogen (secondary N) is 1. The van der Waals surface area contributed by atoms with Crippen molar-refractivity contribution < 1.29 is 0 Å².